The third-order valence-corrected chi connectivity index (χ3v) is 5.72. The molecule has 1 aliphatic carbocycles. The molecule has 1 unspecified atom stereocenters. The van der Waals surface area contributed by atoms with E-state index in [2.05, 4.69) is 9.97 Å². The van der Waals surface area contributed by atoms with E-state index in [4.69, 9.17) is 0 Å². The number of hydrogen-bond donors (Lipinski definition) is 0. The van der Waals surface area contributed by atoms with Crippen LogP contribution in [0.1, 0.15) is 43.1 Å². The lowest BCUT2D eigenvalue weighted by Crippen LogP contribution is -2.40. The number of alkyl halides is 3. The molecule has 4 rings (SSSR count). The molecule has 2 fully saturated rings. The van der Waals surface area contributed by atoms with E-state index in [1.165, 1.54) is 11.3 Å². The zero-order valence-corrected chi connectivity index (χ0v) is 14.8. The van der Waals surface area contributed by atoms with Crippen LogP contribution in [0.25, 0.3) is 10.6 Å². The molecule has 2 aromatic heterocycles. The Bertz CT molecular complexity index is 803. The van der Waals surface area contributed by atoms with Crippen molar-refractivity contribution in [3.05, 3.63) is 35.1 Å². The minimum Gasteiger partial charge on any atom is -0.342 e. The maximum atomic E-state index is 13.3. The number of nitrogens with zero attached hydrogens (tertiary/aromatic N) is 3. The van der Waals surface area contributed by atoms with Crippen LogP contribution in [-0.4, -0.2) is 33.9 Å². The molecule has 3 heterocycles. The van der Waals surface area contributed by atoms with E-state index in [9.17, 15) is 18.0 Å². The van der Waals surface area contributed by atoms with Crippen LogP contribution in [-0.2, 0) is 11.0 Å². The van der Waals surface area contributed by atoms with Crippen molar-refractivity contribution in [2.75, 3.05) is 13.1 Å². The number of rotatable bonds is 3. The summed E-state index contributed by atoms with van der Waals surface area (Å²) in [5, 5.41) is 1.81. The van der Waals surface area contributed by atoms with E-state index in [-0.39, 0.29) is 23.6 Å². The Morgan fingerprint density at radius 2 is 2.04 bits per heavy atom. The Kier molecular flexibility index (Phi) is 4.46. The highest BCUT2D eigenvalue weighted by atomic mass is 32.1. The normalized spacial score (nSPS) is 21.0. The SMILES string of the molecule is O=C(C1CC1)N1CCCC(c2nc(-c3cccs3)cc(C(F)(F)F)n2)C1. The minimum atomic E-state index is -4.53. The lowest BCUT2D eigenvalue weighted by Gasteiger charge is -2.32. The zero-order valence-electron chi connectivity index (χ0n) is 14.0. The number of likely N-dealkylation sites (tertiary alicyclic amines) is 1. The van der Waals surface area contributed by atoms with Crippen LogP contribution in [0.15, 0.2) is 23.6 Å². The molecule has 1 amide bonds. The average Bonchev–Trinajstić information content (AvgIpc) is 3.34. The standard InChI is InChI=1S/C18H18F3N3OS/c19-18(20,21)15-9-13(14-4-2-8-26-14)22-16(23-15)12-3-1-7-24(10-12)17(25)11-5-6-11/h2,4,8-9,11-12H,1,3,5-7,10H2. The minimum absolute atomic E-state index is 0.109. The predicted molar refractivity (Wildman–Crippen MR) is 91.6 cm³/mol. The third-order valence-electron chi connectivity index (χ3n) is 4.83. The first-order valence-electron chi connectivity index (χ1n) is 8.70. The molecule has 26 heavy (non-hydrogen) atoms. The van der Waals surface area contributed by atoms with Gasteiger partial charge >= 0.3 is 6.18 Å². The number of halogens is 3. The van der Waals surface area contributed by atoms with Gasteiger partial charge in [-0.05, 0) is 43.2 Å². The largest absolute Gasteiger partial charge is 0.433 e. The van der Waals surface area contributed by atoms with Gasteiger partial charge in [-0.2, -0.15) is 13.2 Å². The van der Waals surface area contributed by atoms with Crippen molar-refractivity contribution in [1.82, 2.24) is 14.9 Å². The van der Waals surface area contributed by atoms with E-state index >= 15 is 0 Å². The fourth-order valence-electron chi connectivity index (χ4n) is 3.32. The lowest BCUT2D eigenvalue weighted by molar-refractivity contribution is -0.141. The Balaban J connectivity index is 1.66. The summed E-state index contributed by atoms with van der Waals surface area (Å²) in [6, 6.07) is 4.54. The summed E-state index contributed by atoms with van der Waals surface area (Å²) in [5.74, 6) is 0.169. The van der Waals surface area contributed by atoms with Gasteiger partial charge in [-0.15, -0.1) is 11.3 Å². The molecule has 0 aromatic carbocycles. The van der Waals surface area contributed by atoms with E-state index in [1.807, 2.05) is 0 Å². The van der Waals surface area contributed by atoms with Crippen LogP contribution >= 0.6 is 11.3 Å². The molecule has 1 atom stereocenters. The summed E-state index contributed by atoms with van der Waals surface area (Å²) in [6.07, 6.45) is -1.23. The second kappa shape index (κ2) is 6.64. The highest BCUT2D eigenvalue weighted by Crippen LogP contribution is 2.36. The van der Waals surface area contributed by atoms with Crippen molar-refractivity contribution in [1.29, 1.82) is 0 Å². The molecule has 0 spiro atoms. The second-order valence-corrected chi connectivity index (χ2v) is 7.82. The van der Waals surface area contributed by atoms with Gasteiger partial charge in [0.15, 0.2) is 0 Å². The summed E-state index contributed by atoms with van der Waals surface area (Å²) in [5.41, 5.74) is -0.625. The van der Waals surface area contributed by atoms with E-state index in [1.54, 1.807) is 22.4 Å². The molecule has 2 aromatic rings. The lowest BCUT2D eigenvalue weighted by atomic mass is 9.96. The third kappa shape index (κ3) is 3.60. The van der Waals surface area contributed by atoms with Gasteiger partial charge in [0.25, 0.3) is 0 Å². The van der Waals surface area contributed by atoms with Gasteiger partial charge in [-0.1, -0.05) is 6.07 Å². The number of carbonyl (C=O) groups is 1. The van der Waals surface area contributed by atoms with E-state index in [0.29, 0.717) is 30.1 Å². The second-order valence-electron chi connectivity index (χ2n) is 6.87. The summed E-state index contributed by atoms with van der Waals surface area (Å²) >= 11 is 1.35. The number of piperidine rings is 1. The van der Waals surface area contributed by atoms with Gasteiger partial charge in [0.1, 0.15) is 11.5 Å². The van der Waals surface area contributed by atoms with Crippen LogP contribution in [0, 0.1) is 5.92 Å². The summed E-state index contributed by atoms with van der Waals surface area (Å²) < 4.78 is 40.0. The van der Waals surface area contributed by atoms with Gasteiger partial charge in [0.05, 0.1) is 10.6 Å². The molecule has 0 radical (unpaired) electrons. The number of carbonyl (C=O) groups excluding carboxylic acids is 1. The fourth-order valence-corrected chi connectivity index (χ4v) is 4.01. The van der Waals surface area contributed by atoms with Crippen molar-refractivity contribution in [3.8, 4) is 10.6 Å². The molecule has 8 heteroatoms. The maximum absolute atomic E-state index is 13.3. The first-order valence-corrected chi connectivity index (χ1v) is 9.58. The van der Waals surface area contributed by atoms with Gasteiger partial charge in [-0.25, -0.2) is 9.97 Å². The van der Waals surface area contributed by atoms with Gasteiger partial charge < -0.3 is 4.90 Å². The van der Waals surface area contributed by atoms with Crippen molar-refractivity contribution in [3.63, 3.8) is 0 Å². The summed E-state index contributed by atoms with van der Waals surface area (Å²) in [6.45, 7) is 1.07. The van der Waals surface area contributed by atoms with Crippen LogP contribution < -0.4 is 0 Å². The number of thiophene rings is 1. The average molecular weight is 381 g/mol. The van der Waals surface area contributed by atoms with Crippen LogP contribution in [0.3, 0.4) is 0 Å². The predicted octanol–water partition coefficient (Wildman–Crippen LogP) is 4.34. The van der Waals surface area contributed by atoms with Crippen molar-refractivity contribution >= 4 is 17.2 Å². The first kappa shape index (κ1) is 17.5. The van der Waals surface area contributed by atoms with Crippen LogP contribution in [0.5, 0.6) is 0 Å². The van der Waals surface area contributed by atoms with Gasteiger partial charge in [-0.3, -0.25) is 4.79 Å². The van der Waals surface area contributed by atoms with Gasteiger partial charge in [0, 0.05) is 24.9 Å². The molecule has 1 aliphatic heterocycles. The molecule has 138 valence electrons. The molecule has 4 nitrogen and oxygen atoms in total. The van der Waals surface area contributed by atoms with E-state index < -0.39 is 11.9 Å². The molecule has 0 bridgehead atoms. The van der Waals surface area contributed by atoms with Crippen molar-refractivity contribution in [2.24, 2.45) is 5.92 Å². The monoisotopic (exact) mass is 381 g/mol. The Morgan fingerprint density at radius 1 is 1.23 bits per heavy atom. The highest BCUT2D eigenvalue weighted by Gasteiger charge is 2.38. The number of hydrogen-bond acceptors (Lipinski definition) is 4. The summed E-state index contributed by atoms with van der Waals surface area (Å²) in [7, 11) is 0. The van der Waals surface area contributed by atoms with E-state index in [0.717, 1.165) is 25.3 Å². The quantitative estimate of drug-likeness (QED) is 0.795. The van der Waals surface area contributed by atoms with Gasteiger partial charge in [0.2, 0.25) is 5.91 Å². The van der Waals surface area contributed by atoms with Crippen molar-refractivity contribution < 1.29 is 18.0 Å². The number of amides is 1. The Hall–Kier alpha value is -1.96. The zero-order chi connectivity index (χ0) is 18.3. The topological polar surface area (TPSA) is 46.1 Å². The molecular weight excluding hydrogens is 363 g/mol. The molecule has 0 N–H and O–H groups in total. The maximum Gasteiger partial charge on any atom is 0.433 e. The Morgan fingerprint density at radius 3 is 2.69 bits per heavy atom. The number of aromatic nitrogens is 2. The van der Waals surface area contributed by atoms with Crippen molar-refractivity contribution in [2.45, 2.75) is 37.8 Å². The summed E-state index contributed by atoms with van der Waals surface area (Å²) in [4.78, 5) is 23.0. The Labute approximate surface area is 153 Å². The first-order chi connectivity index (χ1) is 12.4. The highest BCUT2D eigenvalue weighted by molar-refractivity contribution is 7.13. The van der Waals surface area contributed by atoms with Crippen LogP contribution in [0.4, 0.5) is 13.2 Å². The fraction of sp³-hybridized carbons (Fsp3) is 0.500. The molecule has 1 saturated carbocycles. The van der Waals surface area contributed by atoms with Crippen LogP contribution in [0.2, 0.25) is 0 Å². The molecular formula is C18H18F3N3OS. The molecule has 2 aliphatic rings. The molecule has 1 saturated heterocycles. The smallest absolute Gasteiger partial charge is 0.342 e.